The molecular weight excluding hydrogens is 584 g/mol. The summed E-state index contributed by atoms with van der Waals surface area (Å²) in [7, 11) is 1.22. The predicted octanol–water partition coefficient (Wildman–Crippen LogP) is 5.93. The smallest absolute Gasteiger partial charge is 0.411 e. The maximum absolute atomic E-state index is 14.7. The molecule has 2 aliphatic heterocycles. The molecule has 3 aromatic rings. The fraction of sp³-hybridized carbons (Fsp3) is 0.276. The van der Waals surface area contributed by atoms with Crippen LogP contribution in [0.15, 0.2) is 42.5 Å². The standard InChI is InChI=1S/C29H26ClF2N7O4/c1-43-29(42)34-15-7-8-16-20(13-15)35-23(40)6-4-2-3-5-22(27-36-21(14-33)26(16)38-27)39-12-11-19(37-28(39)41)24-18(31)10-9-17(30)25(24)32/h2-3,7-10,13,19,22H,4-6,11-12H2,1H3,(H,34,42)(H,35,40)(H,36,38)(H,37,41). The first-order valence-corrected chi connectivity index (χ1v) is 13.7. The lowest BCUT2D eigenvalue weighted by molar-refractivity contribution is -0.116. The number of urea groups is 1. The second-order valence-electron chi connectivity index (χ2n) is 9.89. The van der Waals surface area contributed by atoms with Crippen LogP contribution in [0.5, 0.6) is 0 Å². The van der Waals surface area contributed by atoms with E-state index in [2.05, 4.69) is 36.7 Å². The van der Waals surface area contributed by atoms with Gasteiger partial charge in [-0.1, -0.05) is 23.8 Å². The number of H-pyrrole nitrogens is 1. The summed E-state index contributed by atoms with van der Waals surface area (Å²) in [5, 5.41) is 17.8. The van der Waals surface area contributed by atoms with Crippen LogP contribution in [0.25, 0.3) is 11.3 Å². The molecule has 2 atom stereocenters. The van der Waals surface area contributed by atoms with E-state index in [-0.39, 0.29) is 48.0 Å². The molecule has 5 rings (SSSR count). The molecule has 1 aromatic heterocycles. The van der Waals surface area contributed by atoms with Crippen molar-refractivity contribution in [2.45, 2.75) is 37.8 Å². The molecule has 11 nitrogen and oxygen atoms in total. The van der Waals surface area contributed by atoms with Gasteiger partial charge in [0.15, 0.2) is 5.69 Å². The van der Waals surface area contributed by atoms with E-state index in [4.69, 9.17) is 11.6 Å². The van der Waals surface area contributed by atoms with Gasteiger partial charge >= 0.3 is 12.1 Å². The van der Waals surface area contributed by atoms with E-state index in [1.54, 1.807) is 18.2 Å². The lowest BCUT2D eigenvalue weighted by atomic mass is 9.99. The van der Waals surface area contributed by atoms with Gasteiger partial charge in [-0.25, -0.2) is 23.4 Å². The average Bonchev–Trinajstić information content (AvgIpc) is 3.41. The van der Waals surface area contributed by atoms with Crippen LogP contribution in [-0.2, 0) is 9.53 Å². The highest BCUT2D eigenvalue weighted by atomic mass is 35.5. The number of carbonyl (C=O) groups excluding carboxylic acids is 3. The third-order valence-electron chi connectivity index (χ3n) is 7.22. The van der Waals surface area contributed by atoms with Gasteiger partial charge in [0.1, 0.15) is 23.5 Å². The minimum atomic E-state index is -0.939. The minimum absolute atomic E-state index is 0.0172. The number of nitrogens with one attached hydrogen (secondary N) is 4. The summed E-state index contributed by atoms with van der Waals surface area (Å²) in [6.07, 6.45) is 3.93. The lowest BCUT2D eigenvalue weighted by Gasteiger charge is -2.37. The first kappa shape index (κ1) is 29.5. The maximum atomic E-state index is 14.7. The first-order chi connectivity index (χ1) is 20.7. The summed E-state index contributed by atoms with van der Waals surface area (Å²) >= 11 is 5.87. The zero-order valence-corrected chi connectivity index (χ0v) is 23.6. The van der Waals surface area contributed by atoms with E-state index in [9.17, 15) is 28.4 Å². The SMILES string of the molecule is COC(=O)Nc1ccc2c(c1)NC(=O)CCC=CCC(N1CCC(c3c(F)ccc(Cl)c3F)NC1=O)c1nc(C#N)c-2[nH]1. The Morgan fingerprint density at radius 2 is 2.05 bits per heavy atom. The normalized spacial score (nSPS) is 18.6. The van der Waals surface area contributed by atoms with Gasteiger partial charge < -0.3 is 25.3 Å². The van der Waals surface area contributed by atoms with E-state index >= 15 is 0 Å². The number of rotatable bonds is 3. The number of nitrogens with zero attached hydrogens (tertiary/aromatic N) is 3. The summed E-state index contributed by atoms with van der Waals surface area (Å²) < 4.78 is 33.9. The minimum Gasteiger partial charge on any atom is -0.453 e. The number of aromatic nitrogens is 2. The zero-order chi connectivity index (χ0) is 30.7. The van der Waals surface area contributed by atoms with Crippen LogP contribution in [-0.4, -0.2) is 46.6 Å². The van der Waals surface area contributed by atoms with E-state index in [0.29, 0.717) is 34.9 Å². The van der Waals surface area contributed by atoms with Crippen molar-refractivity contribution in [3.05, 3.63) is 76.2 Å². The molecule has 3 heterocycles. The van der Waals surface area contributed by atoms with Crippen molar-refractivity contribution in [1.29, 1.82) is 5.26 Å². The third-order valence-corrected chi connectivity index (χ3v) is 7.52. The number of hydrogen-bond acceptors (Lipinski definition) is 6. The van der Waals surface area contributed by atoms with E-state index in [0.717, 1.165) is 12.1 Å². The van der Waals surface area contributed by atoms with Gasteiger partial charge in [-0.05, 0) is 49.6 Å². The molecule has 1 fully saturated rings. The number of amides is 4. The fourth-order valence-corrected chi connectivity index (χ4v) is 5.31. The van der Waals surface area contributed by atoms with Gasteiger partial charge in [0.05, 0.1) is 35.6 Å². The Bertz CT molecular complexity index is 1670. The summed E-state index contributed by atoms with van der Waals surface area (Å²) in [4.78, 5) is 47.0. The molecule has 0 spiro atoms. The third kappa shape index (κ3) is 6.14. The predicted molar refractivity (Wildman–Crippen MR) is 153 cm³/mol. The fourth-order valence-electron chi connectivity index (χ4n) is 5.14. The van der Waals surface area contributed by atoms with Crippen LogP contribution >= 0.6 is 11.6 Å². The van der Waals surface area contributed by atoms with E-state index in [1.165, 1.54) is 18.1 Å². The number of anilines is 2. The van der Waals surface area contributed by atoms with Crippen molar-refractivity contribution in [3.63, 3.8) is 0 Å². The lowest BCUT2D eigenvalue weighted by Crippen LogP contribution is -2.49. The summed E-state index contributed by atoms with van der Waals surface area (Å²) in [5.41, 5.74) is 1.10. The monoisotopic (exact) mass is 609 g/mol. The van der Waals surface area contributed by atoms with Gasteiger partial charge in [0.2, 0.25) is 5.91 Å². The molecule has 4 amide bonds. The van der Waals surface area contributed by atoms with Crippen LogP contribution in [0.3, 0.4) is 0 Å². The van der Waals surface area contributed by atoms with Crippen molar-refractivity contribution in [1.82, 2.24) is 20.2 Å². The number of methoxy groups -OCH3 is 1. The highest BCUT2D eigenvalue weighted by Crippen LogP contribution is 2.37. The molecule has 0 aliphatic carbocycles. The number of imidazole rings is 1. The van der Waals surface area contributed by atoms with Gasteiger partial charge in [0.25, 0.3) is 0 Å². The topological polar surface area (TPSA) is 152 Å². The average molecular weight is 610 g/mol. The second-order valence-corrected chi connectivity index (χ2v) is 10.3. The van der Waals surface area contributed by atoms with Crippen LogP contribution in [0.4, 0.5) is 29.7 Å². The number of nitriles is 1. The van der Waals surface area contributed by atoms with Crippen LogP contribution in [0.2, 0.25) is 5.02 Å². The summed E-state index contributed by atoms with van der Waals surface area (Å²) in [5.74, 6) is -1.73. The molecule has 0 saturated carbocycles. The molecular formula is C29H26ClF2N7O4. The zero-order valence-electron chi connectivity index (χ0n) is 22.8. The van der Waals surface area contributed by atoms with Crippen molar-refractivity contribution in [2.24, 2.45) is 0 Å². The number of allylic oxidation sites excluding steroid dienone is 1. The van der Waals surface area contributed by atoms with E-state index in [1.807, 2.05) is 6.08 Å². The van der Waals surface area contributed by atoms with Crippen molar-refractivity contribution >= 4 is 41.0 Å². The Morgan fingerprint density at radius 1 is 1.23 bits per heavy atom. The number of hydrogen-bond donors (Lipinski definition) is 4. The molecule has 4 N–H and O–H groups in total. The number of fused-ring (bicyclic) bond motifs is 4. The molecule has 0 radical (unpaired) electrons. The highest BCUT2D eigenvalue weighted by Gasteiger charge is 2.36. The molecule has 14 heteroatoms. The van der Waals surface area contributed by atoms with Crippen LogP contribution in [0, 0.1) is 23.0 Å². The van der Waals surface area contributed by atoms with Crippen LogP contribution in [0.1, 0.15) is 54.8 Å². The Labute approximate surface area is 249 Å². The van der Waals surface area contributed by atoms with Gasteiger partial charge in [-0.2, -0.15) is 5.26 Å². The number of benzene rings is 2. The molecule has 1 saturated heterocycles. The highest BCUT2D eigenvalue weighted by molar-refractivity contribution is 6.30. The number of aromatic amines is 1. The molecule has 2 aliphatic rings. The van der Waals surface area contributed by atoms with Gasteiger partial charge in [-0.3, -0.25) is 10.1 Å². The van der Waals surface area contributed by atoms with E-state index < -0.39 is 35.8 Å². The second kappa shape index (κ2) is 12.5. The quantitative estimate of drug-likeness (QED) is 0.213. The van der Waals surface area contributed by atoms with Crippen molar-refractivity contribution in [2.75, 3.05) is 24.3 Å². The Kier molecular flexibility index (Phi) is 8.58. The van der Waals surface area contributed by atoms with Crippen LogP contribution < -0.4 is 16.0 Å². The molecule has 2 aromatic carbocycles. The molecule has 43 heavy (non-hydrogen) atoms. The largest absolute Gasteiger partial charge is 0.453 e. The summed E-state index contributed by atoms with van der Waals surface area (Å²) in [6, 6.07) is 6.75. The Hall–Kier alpha value is -4.96. The van der Waals surface area contributed by atoms with Crippen molar-refractivity contribution < 1.29 is 27.9 Å². The molecule has 2 unspecified atom stereocenters. The number of halogens is 3. The first-order valence-electron chi connectivity index (χ1n) is 13.3. The van der Waals surface area contributed by atoms with Gasteiger partial charge in [-0.15, -0.1) is 0 Å². The maximum Gasteiger partial charge on any atom is 0.411 e. The van der Waals surface area contributed by atoms with Crippen molar-refractivity contribution in [3.8, 4) is 17.3 Å². The number of carbonyl (C=O) groups is 3. The molecule has 2 bridgehead atoms. The number of ether oxygens (including phenoxy) is 1. The Balaban J connectivity index is 1.51. The summed E-state index contributed by atoms with van der Waals surface area (Å²) in [6.45, 7) is 0.123. The molecule has 222 valence electrons. The Morgan fingerprint density at radius 3 is 2.79 bits per heavy atom. The van der Waals surface area contributed by atoms with Gasteiger partial charge in [0, 0.05) is 29.8 Å².